The van der Waals surface area contributed by atoms with Crippen molar-refractivity contribution in [3.05, 3.63) is 24.0 Å². The van der Waals surface area contributed by atoms with E-state index in [1.807, 2.05) is 6.08 Å². The lowest BCUT2D eigenvalue weighted by Crippen LogP contribution is -2.41. The Bertz CT molecular complexity index is 399. The number of rotatable bonds is 1. The Morgan fingerprint density at radius 1 is 1.69 bits per heavy atom. The minimum absolute atomic E-state index is 0.182. The fraction of sp³-hybridized carbons (Fsp3) is 0.545. The average molecular weight is 224 g/mol. The molecule has 0 radical (unpaired) electrons. The maximum absolute atomic E-state index is 11.5. The number of esters is 1. The molecule has 16 heavy (non-hydrogen) atoms. The van der Waals surface area contributed by atoms with E-state index in [-0.39, 0.29) is 18.4 Å². The summed E-state index contributed by atoms with van der Waals surface area (Å²) in [5.74, 6) is -0.852. The molecular weight excluding hydrogens is 212 g/mol. The molecule has 4 atom stereocenters. The second-order valence-electron chi connectivity index (χ2n) is 4.28. The molecule has 3 rings (SSSR count). The van der Waals surface area contributed by atoms with Crippen LogP contribution in [0.1, 0.15) is 0 Å². The molecule has 3 aliphatic rings. The number of methoxy groups -OCH3 is 1. The number of carbonyl (C=O) groups excluding carboxylic acids is 1. The zero-order valence-electron chi connectivity index (χ0n) is 8.75. The Hall–Kier alpha value is -1.33. The number of aliphatic hydroxyl groups is 1. The van der Waals surface area contributed by atoms with Crippen LogP contribution < -0.4 is 0 Å². The molecular formula is C11H12O5. The topological polar surface area (TPSA) is 65.0 Å². The summed E-state index contributed by atoms with van der Waals surface area (Å²) < 4.78 is 15.3. The summed E-state index contributed by atoms with van der Waals surface area (Å²) in [6.07, 6.45) is 4.41. The smallest absolute Gasteiger partial charge is 0.337 e. The standard InChI is InChI=1S/C11H12O5/c1-14-9(12)7-4-15-10-8-6(7)2-3-11(8,13)5-16-10/h2-4,6,8,10,13H,5H2,1H3/t6-,8-,10-,11-/m1/s1. The van der Waals surface area contributed by atoms with E-state index in [0.29, 0.717) is 5.57 Å². The molecule has 0 unspecified atom stereocenters. The molecule has 2 heterocycles. The highest BCUT2D eigenvalue weighted by atomic mass is 16.7. The maximum atomic E-state index is 11.5. The van der Waals surface area contributed by atoms with Gasteiger partial charge in [-0.3, -0.25) is 0 Å². The fourth-order valence-electron chi connectivity index (χ4n) is 2.62. The van der Waals surface area contributed by atoms with Crippen molar-refractivity contribution in [2.24, 2.45) is 11.8 Å². The van der Waals surface area contributed by atoms with Crippen molar-refractivity contribution in [3.63, 3.8) is 0 Å². The zero-order chi connectivity index (χ0) is 11.3. The maximum Gasteiger partial charge on any atom is 0.337 e. The van der Waals surface area contributed by atoms with Gasteiger partial charge >= 0.3 is 5.97 Å². The van der Waals surface area contributed by atoms with Gasteiger partial charge in [0.2, 0.25) is 6.29 Å². The van der Waals surface area contributed by atoms with Crippen molar-refractivity contribution < 1.29 is 24.1 Å². The van der Waals surface area contributed by atoms with E-state index < -0.39 is 17.9 Å². The summed E-state index contributed by atoms with van der Waals surface area (Å²) in [6.45, 7) is 0.206. The summed E-state index contributed by atoms with van der Waals surface area (Å²) in [5, 5.41) is 10.2. The lowest BCUT2D eigenvalue weighted by atomic mass is 9.81. The molecule has 0 amide bonds. The molecule has 0 saturated carbocycles. The first kappa shape index (κ1) is 9.86. The van der Waals surface area contributed by atoms with Crippen molar-refractivity contribution in [3.8, 4) is 0 Å². The third-order valence-electron chi connectivity index (χ3n) is 3.44. The lowest BCUT2D eigenvalue weighted by Gasteiger charge is -2.31. The third-order valence-corrected chi connectivity index (χ3v) is 3.44. The summed E-state index contributed by atoms with van der Waals surface area (Å²) in [6, 6.07) is 0. The molecule has 0 aromatic rings. The van der Waals surface area contributed by atoms with Gasteiger partial charge < -0.3 is 19.3 Å². The van der Waals surface area contributed by atoms with Gasteiger partial charge in [-0.05, 0) is 0 Å². The fourth-order valence-corrected chi connectivity index (χ4v) is 2.62. The molecule has 5 nitrogen and oxygen atoms in total. The van der Waals surface area contributed by atoms with Gasteiger partial charge in [0.1, 0.15) is 5.60 Å². The van der Waals surface area contributed by atoms with E-state index >= 15 is 0 Å². The van der Waals surface area contributed by atoms with Crippen molar-refractivity contribution >= 4 is 5.97 Å². The van der Waals surface area contributed by atoms with Crippen LogP contribution in [0.25, 0.3) is 0 Å². The van der Waals surface area contributed by atoms with Crippen LogP contribution in [0.5, 0.6) is 0 Å². The molecule has 1 fully saturated rings. The lowest BCUT2D eigenvalue weighted by molar-refractivity contribution is -0.141. The van der Waals surface area contributed by atoms with Crippen LogP contribution in [-0.2, 0) is 19.0 Å². The molecule has 0 spiro atoms. The highest BCUT2D eigenvalue weighted by Crippen LogP contribution is 2.48. The summed E-state index contributed by atoms with van der Waals surface area (Å²) >= 11 is 0. The Kier molecular flexibility index (Phi) is 1.90. The van der Waals surface area contributed by atoms with E-state index in [9.17, 15) is 9.90 Å². The van der Waals surface area contributed by atoms with E-state index in [1.165, 1.54) is 13.4 Å². The molecule has 2 aliphatic heterocycles. The van der Waals surface area contributed by atoms with Gasteiger partial charge in [-0.2, -0.15) is 0 Å². The van der Waals surface area contributed by atoms with Crippen molar-refractivity contribution in [1.29, 1.82) is 0 Å². The molecule has 0 aromatic heterocycles. The Balaban J connectivity index is 1.98. The van der Waals surface area contributed by atoms with E-state index in [2.05, 4.69) is 4.74 Å². The third kappa shape index (κ3) is 1.10. The Morgan fingerprint density at radius 3 is 3.25 bits per heavy atom. The minimum atomic E-state index is -1.01. The largest absolute Gasteiger partial charge is 0.471 e. The van der Waals surface area contributed by atoms with Gasteiger partial charge in [0.05, 0.1) is 31.5 Å². The van der Waals surface area contributed by atoms with Crippen molar-refractivity contribution in [2.75, 3.05) is 13.7 Å². The average Bonchev–Trinajstić information content (AvgIpc) is 2.81. The van der Waals surface area contributed by atoms with E-state index in [4.69, 9.17) is 9.47 Å². The van der Waals surface area contributed by atoms with E-state index in [0.717, 1.165) is 0 Å². The van der Waals surface area contributed by atoms with Crippen LogP contribution >= 0.6 is 0 Å². The number of hydrogen-bond acceptors (Lipinski definition) is 5. The molecule has 1 N–H and O–H groups in total. The number of ether oxygens (including phenoxy) is 3. The predicted molar refractivity (Wildman–Crippen MR) is 52.0 cm³/mol. The van der Waals surface area contributed by atoms with Gasteiger partial charge in [0, 0.05) is 5.92 Å². The highest BCUT2D eigenvalue weighted by molar-refractivity contribution is 5.89. The second-order valence-corrected chi connectivity index (χ2v) is 4.28. The van der Waals surface area contributed by atoms with Gasteiger partial charge in [0.15, 0.2) is 0 Å². The normalized spacial score (nSPS) is 43.6. The van der Waals surface area contributed by atoms with Gasteiger partial charge in [0.25, 0.3) is 0 Å². The van der Waals surface area contributed by atoms with Crippen molar-refractivity contribution in [2.45, 2.75) is 11.9 Å². The summed E-state index contributed by atoms with van der Waals surface area (Å²) in [7, 11) is 1.32. The van der Waals surface area contributed by atoms with Crippen LogP contribution in [0, 0.1) is 11.8 Å². The molecule has 1 aliphatic carbocycles. The highest BCUT2D eigenvalue weighted by Gasteiger charge is 2.58. The van der Waals surface area contributed by atoms with Gasteiger partial charge in [-0.15, -0.1) is 0 Å². The van der Waals surface area contributed by atoms with Gasteiger partial charge in [-0.1, -0.05) is 12.2 Å². The summed E-state index contributed by atoms with van der Waals surface area (Å²) in [4.78, 5) is 11.5. The Morgan fingerprint density at radius 2 is 2.50 bits per heavy atom. The van der Waals surface area contributed by atoms with Crippen LogP contribution in [0.4, 0.5) is 0 Å². The molecule has 0 bridgehead atoms. The quantitative estimate of drug-likeness (QED) is 0.500. The van der Waals surface area contributed by atoms with Gasteiger partial charge in [-0.25, -0.2) is 4.79 Å². The molecule has 0 aromatic carbocycles. The molecule has 5 heteroatoms. The first-order chi connectivity index (χ1) is 7.65. The number of carbonyl (C=O) groups is 1. The summed E-state index contributed by atoms with van der Waals surface area (Å²) in [5.41, 5.74) is -0.579. The SMILES string of the molecule is COC(=O)C1=CO[C@@H]2OC[C@]3(O)C=C[C@H]1[C@H]23. The van der Waals surface area contributed by atoms with Crippen LogP contribution in [0.3, 0.4) is 0 Å². The first-order valence-corrected chi connectivity index (χ1v) is 5.13. The predicted octanol–water partition coefficient (Wildman–Crippen LogP) is -0.0369. The Labute approximate surface area is 92.3 Å². The van der Waals surface area contributed by atoms with Crippen molar-refractivity contribution in [1.82, 2.24) is 0 Å². The zero-order valence-corrected chi connectivity index (χ0v) is 8.75. The monoisotopic (exact) mass is 224 g/mol. The molecule has 86 valence electrons. The first-order valence-electron chi connectivity index (χ1n) is 5.13. The number of hydrogen-bond donors (Lipinski definition) is 1. The van der Waals surface area contributed by atoms with Crippen LogP contribution in [0.15, 0.2) is 24.0 Å². The molecule has 1 saturated heterocycles. The van der Waals surface area contributed by atoms with Crippen LogP contribution in [-0.4, -0.2) is 36.7 Å². The minimum Gasteiger partial charge on any atom is -0.471 e. The van der Waals surface area contributed by atoms with Crippen LogP contribution in [0.2, 0.25) is 0 Å². The second kappa shape index (κ2) is 3.09. The van der Waals surface area contributed by atoms with E-state index in [1.54, 1.807) is 6.08 Å². The number of allylic oxidation sites excluding steroid dienone is 1.